The van der Waals surface area contributed by atoms with E-state index in [4.69, 9.17) is 27.6 Å². The SMILES string of the molecule is CC1(C)C[C@@H]1C(=O)N1CC2(CN(C(=O)c3cnc(Br)s3)CC2c2nnc(C(F)(F)c3ccc(Cl)c(Cl)c3)o2)C1. The molecule has 39 heavy (non-hydrogen) atoms. The number of nitrogens with zero attached hydrogens (tertiary/aromatic N) is 5. The highest BCUT2D eigenvalue weighted by Crippen LogP contribution is 2.56. The van der Waals surface area contributed by atoms with Crippen LogP contribution in [0, 0.1) is 16.7 Å². The van der Waals surface area contributed by atoms with Crippen molar-refractivity contribution in [3.63, 3.8) is 0 Å². The Morgan fingerprint density at radius 2 is 1.85 bits per heavy atom. The van der Waals surface area contributed by atoms with Crippen molar-refractivity contribution < 1.29 is 22.8 Å². The van der Waals surface area contributed by atoms with E-state index in [0.717, 1.165) is 18.6 Å². The summed E-state index contributed by atoms with van der Waals surface area (Å²) in [4.78, 5) is 34.3. The molecule has 1 spiro atoms. The number of hydrogen-bond donors (Lipinski definition) is 0. The molecule has 206 valence electrons. The number of alkyl halides is 2. The van der Waals surface area contributed by atoms with E-state index in [9.17, 15) is 9.59 Å². The molecular weight excluding hydrogens is 639 g/mol. The predicted octanol–water partition coefficient (Wildman–Crippen LogP) is 5.85. The highest BCUT2D eigenvalue weighted by molar-refractivity contribution is 9.11. The minimum atomic E-state index is -3.62. The van der Waals surface area contributed by atoms with Crippen LogP contribution >= 0.6 is 50.5 Å². The van der Waals surface area contributed by atoms with Gasteiger partial charge in [0.15, 0.2) is 3.92 Å². The zero-order valence-corrected chi connectivity index (χ0v) is 24.7. The minimum absolute atomic E-state index is 0.00405. The molecule has 1 aromatic carbocycles. The molecule has 2 atom stereocenters. The Kier molecular flexibility index (Phi) is 6.37. The predicted molar refractivity (Wildman–Crippen MR) is 143 cm³/mol. The van der Waals surface area contributed by atoms with Gasteiger partial charge < -0.3 is 14.2 Å². The Labute approximate surface area is 244 Å². The lowest BCUT2D eigenvalue weighted by Crippen LogP contribution is -2.62. The Bertz CT molecular complexity index is 1490. The second-order valence-corrected chi connectivity index (χ2v) is 14.3. The van der Waals surface area contributed by atoms with E-state index in [-0.39, 0.29) is 45.6 Å². The number of carbonyl (C=O) groups excluding carboxylic acids is 2. The fourth-order valence-electron chi connectivity index (χ4n) is 5.59. The van der Waals surface area contributed by atoms with Crippen molar-refractivity contribution in [2.75, 3.05) is 26.2 Å². The number of thiazole rings is 1. The number of benzene rings is 1. The largest absolute Gasteiger partial charge is 0.419 e. The summed E-state index contributed by atoms with van der Waals surface area (Å²) in [6.45, 7) is 5.38. The van der Waals surface area contributed by atoms with Crippen molar-refractivity contribution in [3.05, 3.63) is 60.6 Å². The first kappa shape index (κ1) is 27.0. The van der Waals surface area contributed by atoms with Crippen LogP contribution in [0.15, 0.2) is 32.7 Å². The zero-order chi connectivity index (χ0) is 27.9. The lowest BCUT2D eigenvalue weighted by atomic mass is 9.71. The Morgan fingerprint density at radius 1 is 1.15 bits per heavy atom. The number of likely N-dealkylation sites (tertiary alicyclic amines) is 2. The molecular formula is C25H22BrCl2F2N5O3S. The molecule has 14 heteroatoms. The second-order valence-electron chi connectivity index (χ2n) is 11.2. The normalized spacial score (nSPS) is 23.3. The van der Waals surface area contributed by atoms with Gasteiger partial charge in [0.2, 0.25) is 11.8 Å². The van der Waals surface area contributed by atoms with Crippen LogP contribution in [-0.2, 0) is 10.7 Å². The summed E-state index contributed by atoms with van der Waals surface area (Å²) in [5.74, 6) is -5.19. The first-order chi connectivity index (χ1) is 18.3. The zero-order valence-electron chi connectivity index (χ0n) is 20.8. The van der Waals surface area contributed by atoms with Crippen molar-refractivity contribution in [1.82, 2.24) is 25.0 Å². The summed E-state index contributed by atoms with van der Waals surface area (Å²) in [6, 6.07) is 3.49. The van der Waals surface area contributed by atoms with Crippen molar-refractivity contribution in [2.24, 2.45) is 16.7 Å². The maximum atomic E-state index is 15.3. The highest BCUT2D eigenvalue weighted by Gasteiger charge is 2.62. The van der Waals surface area contributed by atoms with Gasteiger partial charge in [0.25, 0.3) is 11.8 Å². The van der Waals surface area contributed by atoms with Gasteiger partial charge in [-0.15, -0.1) is 21.5 Å². The van der Waals surface area contributed by atoms with Crippen LogP contribution in [0.1, 0.15) is 53.2 Å². The van der Waals surface area contributed by atoms with Crippen molar-refractivity contribution in [1.29, 1.82) is 0 Å². The molecule has 0 radical (unpaired) electrons. The molecule has 2 amide bonds. The van der Waals surface area contributed by atoms with Crippen molar-refractivity contribution in [2.45, 2.75) is 32.1 Å². The number of hydrogen-bond acceptors (Lipinski definition) is 7. The summed E-state index contributed by atoms with van der Waals surface area (Å²) in [5, 5.41) is 7.81. The van der Waals surface area contributed by atoms with Crippen LogP contribution in [0.3, 0.4) is 0 Å². The fourth-order valence-corrected chi connectivity index (χ4v) is 7.12. The molecule has 3 fully saturated rings. The summed E-state index contributed by atoms with van der Waals surface area (Å²) in [7, 11) is 0. The number of carbonyl (C=O) groups is 2. The Balaban J connectivity index is 1.28. The molecule has 3 aliphatic rings. The van der Waals surface area contributed by atoms with E-state index >= 15 is 8.78 Å². The van der Waals surface area contributed by atoms with Gasteiger partial charge in [0.1, 0.15) is 4.88 Å². The molecule has 6 rings (SSSR count). The number of amides is 2. The molecule has 2 aromatic heterocycles. The summed E-state index contributed by atoms with van der Waals surface area (Å²) in [6.07, 6.45) is 2.33. The van der Waals surface area contributed by atoms with Crippen LogP contribution in [0.5, 0.6) is 0 Å². The van der Waals surface area contributed by atoms with E-state index in [1.807, 2.05) is 0 Å². The number of halogens is 5. The summed E-state index contributed by atoms with van der Waals surface area (Å²) in [5.41, 5.74) is -1.04. The summed E-state index contributed by atoms with van der Waals surface area (Å²) < 4.78 is 36.8. The molecule has 1 unspecified atom stereocenters. The van der Waals surface area contributed by atoms with Gasteiger partial charge in [-0.05, 0) is 39.9 Å². The molecule has 3 aromatic rings. The van der Waals surface area contributed by atoms with E-state index in [1.54, 1.807) is 9.80 Å². The second kappa shape index (κ2) is 9.19. The first-order valence-corrected chi connectivity index (χ1v) is 14.5. The van der Waals surface area contributed by atoms with E-state index in [2.05, 4.69) is 45.0 Å². The van der Waals surface area contributed by atoms with Crippen LogP contribution in [0.2, 0.25) is 10.0 Å². The van der Waals surface area contributed by atoms with Crippen LogP contribution in [0.25, 0.3) is 0 Å². The molecule has 0 bridgehead atoms. The molecule has 1 saturated carbocycles. The average molecular weight is 661 g/mol. The standard InChI is InChI=1S/C25H22BrCl2F2N5O3S/c1-23(2)6-13(23)19(36)35-10-24(11-35)9-34(20(37)17-7-31-22(26)39-17)8-14(24)18-32-33-21(38-18)25(29,30)12-3-4-15(27)16(28)5-12/h3-5,7,13-14H,6,8-11H2,1-2H3/t13-,14?/m1/s1. The average Bonchev–Trinajstić information content (AvgIpc) is 3.33. The molecule has 0 N–H and O–H groups in total. The van der Waals surface area contributed by atoms with Crippen LogP contribution in [-0.4, -0.2) is 63.0 Å². The fraction of sp³-hybridized carbons (Fsp3) is 0.480. The smallest absolute Gasteiger partial charge is 0.349 e. The Morgan fingerprint density at radius 3 is 2.46 bits per heavy atom. The monoisotopic (exact) mass is 659 g/mol. The number of aromatic nitrogens is 3. The lowest BCUT2D eigenvalue weighted by Gasteiger charge is -2.50. The molecule has 1 aliphatic carbocycles. The quantitative estimate of drug-likeness (QED) is 0.341. The van der Waals surface area contributed by atoms with Crippen molar-refractivity contribution in [3.8, 4) is 0 Å². The number of rotatable bonds is 5. The van der Waals surface area contributed by atoms with Gasteiger partial charge >= 0.3 is 5.92 Å². The van der Waals surface area contributed by atoms with Gasteiger partial charge in [-0.25, -0.2) is 4.98 Å². The molecule has 4 heterocycles. The van der Waals surface area contributed by atoms with Gasteiger partial charge in [-0.2, -0.15) is 8.78 Å². The third-order valence-corrected chi connectivity index (χ3v) is 10.3. The van der Waals surface area contributed by atoms with Gasteiger partial charge in [-0.3, -0.25) is 9.59 Å². The minimum Gasteiger partial charge on any atom is -0.419 e. The van der Waals surface area contributed by atoms with Gasteiger partial charge in [0.05, 0.1) is 22.2 Å². The van der Waals surface area contributed by atoms with E-state index in [0.29, 0.717) is 28.4 Å². The van der Waals surface area contributed by atoms with Crippen LogP contribution in [0.4, 0.5) is 8.78 Å². The van der Waals surface area contributed by atoms with Crippen molar-refractivity contribution >= 4 is 62.3 Å². The Hall–Kier alpha value is -2.15. The maximum Gasteiger partial charge on any atom is 0.349 e. The third-order valence-electron chi connectivity index (χ3n) is 8.05. The molecule has 8 nitrogen and oxygen atoms in total. The molecule has 2 saturated heterocycles. The summed E-state index contributed by atoms with van der Waals surface area (Å²) >= 11 is 16.3. The first-order valence-electron chi connectivity index (χ1n) is 12.2. The van der Waals surface area contributed by atoms with Gasteiger partial charge in [0, 0.05) is 43.1 Å². The maximum absolute atomic E-state index is 15.3. The van der Waals surface area contributed by atoms with Crippen LogP contribution < -0.4 is 0 Å². The van der Waals surface area contributed by atoms with E-state index in [1.165, 1.54) is 23.6 Å². The lowest BCUT2D eigenvalue weighted by molar-refractivity contribution is -0.146. The van der Waals surface area contributed by atoms with Gasteiger partial charge in [-0.1, -0.05) is 43.1 Å². The third kappa shape index (κ3) is 4.57. The topological polar surface area (TPSA) is 92.4 Å². The highest BCUT2D eigenvalue weighted by atomic mass is 79.9. The van der Waals surface area contributed by atoms with E-state index < -0.39 is 28.7 Å². The molecule has 2 aliphatic heterocycles.